The number of nitrogens with zero attached hydrogens (tertiary/aromatic N) is 2. The number of rotatable bonds is 11. The molecular weight excluding hydrogens is 549 g/mol. The Labute approximate surface area is 235 Å². The van der Waals surface area contributed by atoms with Gasteiger partial charge < -0.3 is 15.0 Å². The van der Waals surface area contributed by atoms with E-state index in [4.69, 9.17) is 27.9 Å². The lowest BCUT2D eigenvalue weighted by Crippen LogP contribution is -2.53. The molecule has 0 saturated heterocycles. The highest BCUT2D eigenvalue weighted by Gasteiger charge is 2.33. The summed E-state index contributed by atoms with van der Waals surface area (Å²) in [6.45, 7) is 1.42. The van der Waals surface area contributed by atoms with Crippen LogP contribution in [0.15, 0.2) is 42.5 Å². The van der Waals surface area contributed by atoms with Gasteiger partial charge in [0, 0.05) is 12.6 Å². The first-order valence-electron chi connectivity index (χ1n) is 12.7. The summed E-state index contributed by atoms with van der Waals surface area (Å²) < 4.78 is 31.7. The Kier molecular flexibility index (Phi) is 10.7. The minimum Gasteiger partial charge on any atom is -0.497 e. The van der Waals surface area contributed by atoms with E-state index in [-0.39, 0.29) is 18.5 Å². The van der Waals surface area contributed by atoms with Gasteiger partial charge in [-0.25, -0.2) is 8.42 Å². The van der Waals surface area contributed by atoms with E-state index in [1.807, 2.05) is 6.92 Å². The van der Waals surface area contributed by atoms with Gasteiger partial charge in [0.15, 0.2) is 0 Å². The minimum atomic E-state index is -3.82. The molecule has 0 bridgehead atoms. The van der Waals surface area contributed by atoms with E-state index in [2.05, 4.69) is 5.32 Å². The van der Waals surface area contributed by atoms with Crippen molar-refractivity contribution >= 4 is 50.7 Å². The van der Waals surface area contributed by atoms with Crippen LogP contribution in [0, 0.1) is 0 Å². The van der Waals surface area contributed by atoms with Gasteiger partial charge in [-0.15, -0.1) is 0 Å². The minimum absolute atomic E-state index is 0.0620. The molecule has 0 aromatic heterocycles. The molecule has 1 saturated carbocycles. The normalized spacial score (nSPS) is 15.0. The number of halogens is 2. The van der Waals surface area contributed by atoms with Crippen molar-refractivity contribution in [3.05, 3.63) is 58.1 Å². The Balaban J connectivity index is 1.92. The fourth-order valence-electron chi connectivity index (χ4n) is 4.66. The zero-order valence-corrected chi connectivity index (χ0v) is 24.3. The largest absolute Gasteiger partial charge is 0.497 e. The van der Waals surface area contributed by atoms with Gasteiger partial charge in [-0.1, -0.05) is 55.5 Å². The molecule has 1 N–H and O–H groups in total. The molecule has 2 aromatic rings. The highest BCUT2D eigenvalue weighted by molar-refractivity contribution is 7.92. The van der Waals surface area contributed by atoms with Crippen molar-refractivity contribution in [1.82, 2.24) is 10.2 Å². The number of nitrogens with one attached hydrogen (secondary N) is 1. The van der Waals surface area contributed by atoms with E-state index in [1.54, 1.807) is 42.5 Å². The Morgan fingerprint density at radius 1 is 1.05 bits per heavy atom. The topological polar surface area (TPSA) is 96.0 Å². The first-order valence-corrected chi connectivity index (χ1v) is 15.3. The molecule has 1 fully saturated rings. The molecule has 38 heavy (non-hydrogen) atoms. The van der Waals surface area contributed by atoms with Crippen LogP contribution in [0.2, 0.25) is 10.0 Å². The van der Waals surface area contributed by atoms with Crippen molar-refractivity contribution in [2.45, 2.75) is 64.1 Å². The molecule has 0 spiro atoms. The van der Waals surface area contributed by atoms with Crippen LogP contribution >= 0.6 is 23.2 Å². The average molecular weight is 585 g/mol. The summed E-state index contributed by atoms with van der Waals surface area (Å²) in [5, 5.41) is 3.81. The Bertz CT molecular complexity index is 1220. The third kappa shape index (κ3) is 8.01. The smallest absolute Gasteiger partial charge is 0.244 e. The molecule has 11 heteroatoms. The number of methoxy groups -OCH3 is 1. The van der Waals surface area contributed by atoms with Gasteiger partial charge in [0.2, 0.25) is 21.8 Å². The Morgan fingerprint density at radius 3 is 2.26 bits per heavy atom. The second-order valence-corrected chi connectivity index (χ2v) is 12.2. The highest BCUT2D eigenvalue weighted by Crippen LogP contribution is 2.26. The van der Waals surface area contributed by atoms with E-state index in [9.17, 15) is 18.0 Å². The third-order valence-electron chi connectivity index (χ3n) is 6.71. The zero-order valence-electron chi connectivity index (χ0n) is 22.0. The molecule has 0 heterocycles. The van der Waals surface area contributed by atoms with Gasteiger partial charge >= 0.3 is 0 Å². The van der Waals surface area contributed by atoms with Crippen molar-refractivity contribution < 1.29 is 22.7 Å². The number of carbonyl (C=O) groups excluding carboxylic acids is 2. The second kappa shape index (κ2) is 13.5. The maximum Gasteiger partial charge on any atom is 0.244 e. The number of anilines is 1. The summed E-state index contributed by atoms with van der Waals surface area (Å²) in [7, 11) is -2.31. The molecule has 8 nitrogen and oxygen atoms in total. The van der Waals surface area contributed by atoms with Gasteiger partial charge in [-0.05, 0) is 61.2 Å². The number of sulfonamides is 1. The van der Waals surface area contributed by atoms with Crippen LogP contribution < -0.4 is 14.4 Å². The number of hydrogen-bond acceptors (Lipinski definition) is 5. The van der Waals surface area contributed by atoms with Crippen LogP contribution in [0.3, 0.4) is 0 Å². The van der Waals surface area contributed by atoms with Crippen LogP contribution in [0.4, 0.5) is 5.69 Å². The maximum atomic E-state index is 13.8. The molecule has 0 radical (unpaired) electrons. The van der Waals surface area contributed by atoms with E-state index in [0.29, 0.717) is 33.5 Å². The molecule has 2 amide bonds. The van der Waals surface area contributed by atoms with Crippen molar-refractivity contribution in [3.63, 3.8) is 0 Å². The zero-order chi connectivity index (χ0) is 27.9. The molecule has 3 rings (SSSR count). The fraction of sp³-hybridized carbons (Fsp3) is 0.481. The Morgan fingerprint density at radius 2 is 1.71 bits per heavy atom. The van der Waals surface area contributed by atoms with Crippen molar-refractivity contribution in [2.75, 3.05) is 24.2 Å². The number of benzene rings is 2. The monoisotopic (exact) mass is 583 g/mol. The van der Waals surface area contributed by atoms with E-state index in [1.165, 1.54) is 12.0 Å². The van der Waals surface area contributed by atoms with Crippen LogP contribution in [0.5, 0.6) is 5.75 Å². The summed E-state index contributed by atoms with van der Waals surface area (Å²) in [5.74, 6) is -0.202. The molecule has 1 aliphatic rings. The third-order valence-corrected chi connectivity index (χ3v) is 8.59. The molecule has 1 aliphatic carbocycles. The molecule has 208 valence electrons. The summed E-state index contributed by atoms with van der Waals surface area (Å²) in [5.41, 5.74) is 0.989. The van der Waals surface area contributed by atoms with Crippen LogP contribution in [0.25, 0.3) is 0 Å². The van der Waals surface area contributed by atoms with Gasteiger partial charge in [0.25, 0.3) is 0 Å². The lowest BCUT2D eigenvalue weighted by molar-refractivity contribution is -0.140. The molecule has 0 aliphatic heterocycles. The van der Waals surface area contributed by atoms with Crippen molar-refractivity contribution in [2.24, 2.45) is 0 Å². The van der Waals surface area contributed by atoms with Crippen LogP contribution in [0.1, 0.15) is 51.0 Å². The lowest BCUT2D eigenvalue weighted by Gasteiger charge is -2.34. The molecular formula is C27H35Cl2N3O5S. The maximum absolute atomic E-state index is 13.8. The standard InChI is InChI=1S/C27H35Cl2N3O5S/c1-4-25(27(34)30-20-8-6-5-7-9-20)31(17-19-10-15-23(28)24(29)16-19)26(33)18-32(38(3,35)36)21-11-13-22(37-2)14-12-21/h10-16,20,25H,4-9,17-18H2,1-3H3,(H,30,34)/t25-/m1/s1. The van der Waals surface area contributed by atoms with E-state index in [0.717, 1.165) is 42.7 Å². The molecule has 2 aromatic carbocycles. The predicted octanol–water partition coefficient (Wildman–Crippen LogP) is 5.02. The summed E-state index contributed by atoms with van der Waals surface area (Å²) in [4.78, 5) is 28.7. The summed E-state index contributed by atoms with van der Waals surface area (Å²) in [6, 6.07) is 10.7. The summed E-state index contributed by atoms with van der Waals surface area (Å²) in [6.07, 6.45) is 6.47. The van der Waals surface area contributed by atoms with Crippen LogP contribution in [-0.2, 0) is 26.2 Å². The molecule has 0 unspecified atom stereocenters. The number of ether oxygens (including phenoxy) is 1. The fourth-order valence-corrected chi connectivity index (χ4v) is 5.83. The van der Waals surface area contributed by atoms with Crippen molar-refractivity contribution in [3.8, 4) is 5.75 Å². The number of hydrogen-bond donors (Lipinski definition) is 1. The average Bonchev–Trinajstić information content (AvgIpc) is 2.89. The van der Waals surface area contributed by atoms with Crippen molar-refractivity contribution in [1.29, 1.82) is 0 Å². The van der Waals surface area contributed by atoms with Gasteiger partial charge in [0.1, 0.15) is 18.3 Å². The Hall–Kier alpha value is -2.49. The summed E-state index contributed by atoms with van der Waals surface area (Å²) >= 11 is 12.3. The first-order chi connectivity index (χ1) is 18.0. The number of carbonyl (C=O) groups is 2. The first kappa shape index (κ1) is 30.1. The molecule has 1 atom stereocenters. The van der Waals surface area contributed by atoms with Gasteiger partial charge in [0.05, 0.1) is 29.1 Å². The highest BCUT2D eigenvalue weighted by atomic mass is 35.5. The van der Waals surface area contributed by atoms with E-state index >= 15 is 0 Å². The second-order valence-electron chi connectivity index (χ2n) is 9.51. The van der Waals surface area contributed by atoms with Gasteiger partial charge in [-0.2, -0.15) is 0 Å². The lowest BCUT2D eigenvalue weighted by atomic mass is 9.95. The quantitative estimate of drug-likeness (QED) is 0.400. The van der Waals surface area contributed by atoms with Crippen LogP contribution in [-0.4, -0.2) is 57.1 Å². The SMILES string of the molecule is CC[C@H](C(=O)NC1CCCCC1)N(Cc1ccc(Cl)c(Cl)c1)C(=O)CN(c1ccc(OC)cc1)S(C)(=O)=O. The van der Waals surface area contributed by atoms with E-state index < -0.39 is 28.5 Å². The van der Waals surface area contributed by atoms with Gasteiger partial charge in [-0.3, -0.25) is 13.9 Å². The number of amides is 2. The predicted molar refractivity (Wildman–Crippen MR) is 151 cm³/mol.